The average Bonchev–Trinajstić information content (AvgIpc) is 2.42. The highest BCUT2D eigenvalue weighted by atomic mass is 15.2. The van der Waals surface area contributed by atoms with E-state index in [1.165, 1.54) is 45.1 Å². The van der Waals surface area contributed by atoms with Gasteiger partial charge in [-0.2, -0.15) is 0 Å². The summed E-state index contributed by atoms with van der Waals surface area (Å²) < 4.78 is 0. The molecule has 0 radical (unpaired) electrons. The van der Waals surface area contributed by atoms with Gasteiger partial charge in [0.05, 0.1) is 0 Å². The van der Waals surface area contributed by atoms with E-state index in [-0.39, 0.29) is 0 Å². The average molecular weight is 283 g/mol. The number of likely N-dealkylation sites (N-methyl/N-ethyl adjacent to an activating group) is 1. The van der Waals surface area contributed by atoms with E-state index in [9.17, 15) is 0 Å². The van der Waals surface area contributed by atoms with Crippen LogP contribution in [-0.4, -0.2) is 30.6 Å². The van der Waals surface area contributed by atoms with Gasteiger partial charge in [0.15, 0.2) is 0 Å². The van der Waals surface area contributed by atoms with Crippen molar-refractivity contribution in [2.75, 3.05) is 19.6 Å². The molecule has 0 bridgehead atoms. The third kappa shape index (κ3) is 5.04. The minimum absolute atomic E-state index is 0.482. The highest BCUT2D eigenvalue weighted by Crippen LogP contribution is 2.41. The van der Waals surface area contributed by atoms with E-state index >= 15 is 0 Å². The fourth-order valence-corrected chi connectivity index (χ4v) is 3.93. The van der Waals surface area contributed by atoms with Crippen LogP contribution in [0.5, 0.6) is 0 Å². The van der Waals surface area contributed by atoms with E-state index in [0.717, 1.165) is 24.9 Å². The Labute approximate surface area is 127 Å². The molecule has 1 atom stereocenters. The van der Waals surface area contributed by atoms with Crippen LogP contribution in [0.1, 0.15) is 73.1 Å². The largest absolute Gasteiger partial charge is 0.329 e. The predicted molar refractivity (Wildman–Crippen MR) is 89.9 cm³/mol. The highest BCUT2D eigenvalue weighted by molar-refractivity contribution is 4.87. The van der Waals surface area contributed by atoms with Gasteiger partial charge in [-0.3, -0.25) is 4.90 Å². The van der Waals surface area contributed by atoms with Gasteiger partial charge in [-0.25, -0.2) is 0 Å². The highest BCUT2D eigenvalue weighted by Gasteiger charge is 2.33. The first-order valence-electron chi connectivity index (χ1n) is 8.88. The zero-order valence-corrected chi connectivity index (χ0v) is 14.6. The lowest BCUT2D eigenvalue weighted by molar-refractivity contribution is 0.0837. The summed E-state index contributed by atoms with van der Waals surface area (Å²) in [7, 11) is 0. The smallest absolute Gasteiger partial charge is 0.0246 e. The van der Waals surface area contributed by atoms with Gasteiger partial charge < -0.3 is 5.73 Å². The molecule has 2 heteroatoms. The van der Waals surface area contributed by atoms with Gasteiger partial charge in [-0.15, -0.1) is 0 Å². The molecule has 120 valence electrons. The first kappa shape index (κ1) is 18.0. The second-order valence-electron chi connectivity index (χ2n) is 7.76. The van der Waals surface area contributed by atoms with Crippen molar-refractivity contribution in [3.63, 3.8) is 0 Å². The topological polar surface area (TPSA) is 29.3 Å². The number of unbranched alkanes of at least 4 members (excludes halogenated alkanes) is 1. The number of hydrogen-bond acceptors (Lipinski definition) is 2. The lowest BCUT2D eigenvalue weighted by Gasteiger charge is -2.42. The van der Waals surface area contributed by atoms with E-state index in [0.29, 0.717) is 11.5 Å². The van der Waals surface area contributed by atoms with Crippen molar-refractivity contribution in [1.82, 2.24) is 4.90 Å². The van der Waals surface area contributed by atoms with E-state index < -0.39 is 0 Å². The third-order valence-electron chi connectivity index (χ3n) is 5.46. The Hall–Kier alpha value is -0.0800. The van der Waals surface area contributed by atoms with E-state index in [4.69, 9.17) is 5.73 Å². The first-order chi connectivity index (χ1) is 9.43. The van der Waals surface area contributed by atoms with Crippen molar-refractivity contribution in [3.8, 4) is 0 Å². The molecule has 2 nitrogen and oxygen atoms in total. The summed E-state index contributed by atoms with van der Waals surface area (Å²) in [5, 5.41) is 0. The minimum Gasteiger partial charge on any atom is -0.329 e. The Balaban J connectivity index is 2.55. The van der Waals surface area contributed by atoms with Crippen LogP contribution < -0.4 is 5.73 Å². The van der Waals surface area contributed by atoms with Gasteiger partial charge in [0.2, 0.25) is 0 Å². The normalized spacial score (nSPS) is 25.9. The lowest BCUT2D eigenvalue weighted by Crippen LogP contribution is -2.47. The maximum absolute atomic E-state index is 6.13. The Morgan fingerprint density at radius 1 is 1.10 bits per heavy atom. The maximum Gasteiger partial charge on any atom is 0.0246 e. The van der Waals surface area contributed by atoms with Crippen LogP contribution in [0.3, 0.4) is 0 Å². The second kappa shape index (κ2) is 8.38. The lowest BCUT2D eigenvalue weighted by atomic mass is 9.68. The number of hydrogen-bond donors (Lipinski definition) is 1. The summed E-state index contributed by atoms with van der Waals surface area (Å²) in [6.07, 6.45) is 8.15. The zero-order chi connectivity index (χ0) is 15.2. The first-order valence-corrected chi connectivity index (χ1v) is 8.88. The van der Waals surface area contributed by atoms with E-state index in [2.05, 4.69) is 39.5 Å². The predicted octanol–water partition coefficient (Wildman–Crippen LogP) is 4.29. The van der Waals surface area contributed by atoms with Gasteiger partial charge in [0.1, 0.15) is 0 Å². The number of nitrogens with zero attached hydrogens (tertiary/aromatic N) is 1. The summed E-state index contributed by atoms with van der Waals surface area (Å²) in [5.74, 6) is 1.73. The molecule has 0 aromatic rings. The van der Waals surface area contributed by atoms with Gasteiger partial charge >= 0.3 is 0 Å². The molecule has 0 heterocycles. The van der Waals surface area contributed by atoms with Crippen molar-refractivity contribution in [2.24, 2.45) is 23.0 Å². The third-order valence-corrected chi connectivity index (χ3v) is 5.46. The molecule has 0 amide bonds. The molecule has 1 rings (SSSR count). The minimum atomic E-state index is 0.482. The summed E-state index contributed by atoms with van der Waals surface area (Å²) in [6, 6.07) is 0.618. The van der Waals surface area contributed by atoms with Crippen LogP contribution in [0, 0.1) is 17.3 Å². The number of nitrogens with two attached hydrogens (primary N) is 1. The van der Waals surface area contributed by atoms with Gasteiger partial charge in [0, 0.05) is 12.6 Å². The monoisotopic (exact) mass is 282 g/mol. The molecule has 0 aromatic carbocycles. The Kier molecular flexibility index (Phi) is 7.53. The molecular formula is C18H38N2. The molecule has 1 fully saturated rings. The Morgan fingerprint density at radius 3 is 2.10 bits per heavy atom. The quantitative estimate of drug-likeness (QED) is 0.755. The van der Waals surface area contributed by atoms with Crippen LogP contribution in [0.15, 0.2) is 0 Å². The van der Waals surface area contributed by atoms with Crippen molar-refractivity contribution >= 4 is 0 Å². The summed E-state index contributed by atoms with van der Waals surface area (Å²) >= 11 is 0. The summed E-state index contributed by atoms with van der Waals surface area (Å²) in [5.41, 5.74) is 6.61. The van der Waals surface area contributed by atoms with Gasteiger partial charge in [0.25, 0.3) is 0 Å². The fraction of sp³-hybridized carbons (Fsp3) is 1.00. The fourth-order valence-electron chi connectivity index (χ4n) is 3.93. The summed E-state index contributed by atoms with van der Waals surface area (Å²) in [4.78, 5) is 2.64. The Bertz CT molecular complexity index is 249. The molecule has 0 aliphatic heterocycles. The molecule has 20 heavy (non-hydrogen) atoms. The molecule has 2 N–H and O–H groups in total. The molecule has 1 saturated carbocycles. The molecule has 1 aliphatic rings. The van der Waals surface area contributed by atoms with Crippen LogP contribution >= 0.6 is 0 Å². The standard InChI is InChI=1S/C18H38N2/c1-6-8-13-20(7-2)17(14-19)15-9-11-16(12-10-15)18(3,4)5/h15-17H,6-14,19H2,1-5H3. The van der Waals surface area contributed by atoms with Crippen LogP contribution in [0.4, 0.5) is 0 Å². The SMILES string of the molecule is CCCCN(CC)C(CN)C1CCC(C(C)(C)C)CC1. The van der Waals surface area contributed by atoms with Crippen LogP contribution in [0.25, 0.3) is 0 Å². The van der Waals surface area contributed by atoms with E-state index in [1.54, 1.807) is 0 Å². The maximum atomic E-state index is 6.13. The molecule has 0 aromatic heterocycles. The molecular weight excluding hydrogens is 244 g/mol. The van der Waals surface area contributed by atoms with Gasteiger partial charge in [-0.1, -0.05) is 41.0 Å². The molecule has 0 spiro atoms. The van der Waals surface area contributed by atoms with Crippen molar-refractivity contribution in [3.05, 3.63) is 0 Å². The molecule has 1 unspecified atom stereocenters. The molecule has 1 aliphatic carbocycles. The van der Waals surface area contributed by atoms with Crippen LogP contribution in [-0.2, 0) is 0 Å². The van der Waals surface area contributed by atoms with Crippen LogP contribution in [0.2, 0.25) is 0 Å². The number of rotatable bonds is 7. The summed E-state index contributed by atoms with van der Waals surface area (Å²) in [6.45, 7) is 15.0. The van der Waals surface area contributed by atoms with Crippen molar-refractivity contribution < 1.29 is 0 Å². The van der Waals surface area contributed by atoms with Crippen molar-refractivity contribution in [1.29, 1.82) is 0 Å². The zero-order valence-electron chi connectivity index (χ0n) is 14.6. The van der Waals surface area contributed by atoms with E-state index in [1.807, 2.05) is 0 Å². The Morgan fingerprint density at radius 2 is 1.70 bits per heavy atom. The second-order valence-corrected chi connectivity index (χ2v) is 7.76. The molecule has 0 saturated heterocycles. The van der Waals surface area contributed by atoms with Crippen molar-refractivity contribution in [2.45, 2.75) is 79.2 Å². The van der Waals surface area contributed by atoms with Gasteiger partial charge in [-0.05, 0) is 62.4 Å².